The molecular weight excluding hydrogens is 154 g/mol. The van der Waals surface area contributed by atoms with Crippen molar-refractivity contribution in [3.63, 3.8) is 0 Å². The number of aliphatic imine (C=N–C) groups is 1. The van der Waals surface area contributed by atoms with Gasteiger partial charge in [-0.1, -0.05) is 13.8 Å². The van der Waals surface area contributed by atoms with E-state index in [1.165, 1.54) is 7.11 Å². The number of rotatable bonds is 1. The lowest BCUT2D eigenvalue weighted by molar-refractivity contribution is -0.145. The van der Waals surface area contributed by atoms with Crippen molar-refractivity contribution in [2.75, 3.05) is 13.7 Å². The molecule has 0 aromatic carbocycles. The van der Waals surface area contributed by atoms with Gasteiger partial charge in [0.15, 0.2) is 0 Å². The number of ether oxygens (including phenoxy) is 1. The molecule has 0 radical (unpaired) electrons. The Labute approximate surface area is 72.8 Å². The Hall–Kier alpha value is -0.860. The smallest absolute Gasteiger partial charge is 0.314 e. The Kier molecular flexibility index (Phi) is 2.22. The molecule has 0 saturated carbocycles. The maximum Gasteiger partial charge on any atom is 0.314 e. The third kappa shape index (κ3) is 1.36. The first-order valence-electron chi connectivity index (χ1n) is 4.08. The van der Waals surface area contributed by atoms with Gasteiger partial charge < -0.3 is 4.74 Å². The molecule has 0 fully saturated rings. The minimum Gasteiger partial charge on any atom is -0.468 e. The average molecular weight is 169 g/mol. The van der Waals surface area contributed by atoms with E-state index >= 15 is 0 Å². The minimum absolute atomic E-state index is 0.0722. The van der Waals surface area contributed by atoms with Crippen molar-refractivity contribution in [3.05, 3.63) is 0 Å². The summed E-state index contributed by atoms with van der Waals surface area (Å²) in [5.41, 5.74) is 0.823. The first kappa shape index (κ1) is 9.23. The van der Waals surface area contributed by atoms with Crippen LogP contribution in [0.25, 0.3) is 0 Å². The Morgan fingerprint density at radius 1 is 1.67 bits per heavy atom. The Balaban J connectivity index is 2.86. The van der Waals surface area contributed by atoms with Crippen LogP contribution in [0, 0.1) is 11.3 Å². The van der Waals surface area contributed by atoms with Crippen LogP contribution in [0.1, 0.15) is 20.8 Å². The largest absolute Gasteiger partial charge is 0.468 e. The van der Waals surface area contributed by atoms with E-state index in [-0.39, 0.29) is 17.3 Å². The van der Waals surface area contributed by atoms with Gasteiger partial charge in [-0.05, 0) is 6.92 Å². The zero-order valence-electron chi connectivity index (χ0n) is 8.05. The van der Waals surface area contributed by atoms with Gasteiger partial charge >= 0.3 is 5.97 Å². The van der Waals surface area contributed by atoms with Gasteiger partial charge in [-0.3, -0.25) is 9.79 Å². The normalized spacial score (nSPS) is 26.7. The van der Waals surface area contributed by atoms with Crippen LogP contribution in [0.4, 0.5) is 0 Å². The molecule has 3 heteroatoms. The van der Waals surface area contributed by atoms with E-state index in [4.69, 9.17) is 4.74 Å². The molecule has 1 heterocycles. The summed E-state index contributed by atoms with van der Waals surface area (Å²) < 4.78 is 4.72. The topological polar surface area (TPSA) is 38.7 Å². The van der Waals surface area contributed by atoms with Crippen LogP contribution < -0.4 is 0 Å². The molecule has 1 aliphatic heterocycles. The molecule has 1 unspecified atom stereocenters. The monoisotopic (exact) mass is 169 g/mol. The highest BCUT2D eigenvalue weighted by molar-refractivity contribution is 6.03. The number of hydrogen-bond donors (Lipinski definition) is 0. The van der Waals surface area contributed by atoms with Gasteiger partial charge in [0.25, 0.3) is 0 Å². The summed E-state index contributed by atoms with van der Waals surface area (Å²) in [6, 6.07) is 0. The summed E-state index contributed by atoms with van der Waals surface area (Å²) in [7, 11) is 1.42. The summed E-state index contributed by atoms with van der Waals surface area (Å²) in [6.07, 6.45) is 0. The fraction of sp³-hybridized carbons (Fsp3) is 0.778. The lowest BCUT2D eigenvalue weighted by Gasteiger charge is -2.24. The van der Waals surface area contributed by atoms with Gasteiger partial charge in [0.2, 0.25) is 0 Å². The van der Waals surface area contributed by atoms with Gasteiger partial charge in [0.05, 0.1) is 7.11 Å². The summed E-state index contributed by atoms with van der Waals surface area (Å²) in [4.78, 5) is 15.6. The van der Waals surface area contributed by atoms with Crippen molar-refractivity contribution in [2.45, 2.75) is 20.8 Å². The average Bonchev–Trinajstić information content (AvgIpc) is 2.25. The molecule has 0 aromatic heterocycles. The van der Waals surface area contributed by atoms with Gasteiger partial charge in [0.1, 0.15) is 5.92 Å². The van der Waals surface area contributed by atoms with Crippen molar-refractivity contribution >= 4 is 11.7 Å². The molecular formula is C9H15NO2. The third-order valence-electron chi connectivity index (χ3n) is 2.37. The van der Waals surface area contributed by atoms with Gasteiger partial charge in [0, 0.05) is 17.7 Å². The van der Waals surface area contributed by atoms with Crippen LogP contribution in [0.15, 0.2) is 4.99 Å². The van der Waals surface area contributed by atoms with E-state index in [2.05, 4.69) is 4.99 Å². The summed E-state index contributed by atoms with van der Waals surface area (Å²) in [5.74, 6) is -0.318. The predicted octanol–water partition coefficient (Wildman–Crippen LogP) is 1.28. The van der Waals surface area contributed by atoms with Crippen molar-refractivity contribution in [1.82, 2.24) is 0 Å². The van der Waals surface area contributed by atoms with Crippen molar-refractivity contribution < 1.29 is 9.53 Å². The third-order valence-corrected chi connectivity index (χ3v) is 2.37. The number of esters is 1. The van der Waals surface area contributed by atoms with Gasteiger partial charge in [-0.25, -0.2) is 0 Å². The molecule has 0 aliphatic carbocycles. The highest BCUT2D eigenvalue weighted by Gasteiger charge is 2.41. The number of carbonyl (C=O) groups excluding carboxylic acids is 1. The zero-order chi connectivity index (χ0) is 9.35. The molecule has 1 atom stereocenters. The van der Waals surface area contributed by atoms with Crippen LogP contribution in [0.5, 0.6) is 0 Å². The van der Waals surface area contributed by atoms with E-state index in [1.54, 1.807) is 0 Å². The molecule has 0 aromatic rings. The van der Waals surface area contributed by atoms with E-state index in [1.807, 2.05) is 20.8 Å². The maximum absolute atomic E-state index is 11.3. The quantitative estimate of drug-likeness (QED) is 0.554. The fourth-order valence-electron chi connectivity index (χ4n) is 1.68. The second-order valence-electron chi connectivity index (χ2n) is 3.90. The first-order valence-corrected chi connectivity index (χ1v) is 4.08. The second kappa shape index (κ2) is 2.88. The minimum atomic E-state index is -0.168. The highest BCUT2D eigenvalue weighted by atomic mass is 16.5. The molecule has 3 nitrogen and oxygen atoms in total. The second-order valence-corrected chi connectivity index (χ2v) is 3.90. The van der Waals surface area contributed by atoms with Gasteiger partial charge in [-0.15, -0.1) is 0 Å². The van der Waals surface area contributed by atoms with Crippen LogP contribution in [-0.4, -0.2) is 25.3 Å². The molecule has 1 rings (SSSR count). The molecule has 0 saturated heterocycles. The van der Waals surface area contributed by atoms with Crippen molar-refractivity contribution in [3.8, 4) is 0 Å². The van der Waals surface area contributed by atoms with E-state index in [0.29, 0.717) is 0 Å². The van der Waals surface area contributed by atoms with Crippen LogP contribution in [-0.2, 0) is 9.53 Å². The highest BCUT2D eigenvalue weighted by Crippen LogP contribution is 2.34. The number of nitrogens with zero attached hydrogens (tertiary/aromatic N) is 1. The Bertz CT molecular complexity index is 231. The fourth-order valence-corrected chi connectivity index (χ4v) is 1.68. The summed E-state index contributed by atoms with van der Waals surface area (Å²) >= 11 is 0. The van der Waals surface area contributed by atoms with Gasteiger partial charge in [-0.2, -0.15) is 0 Å². The van der Waals surface area contributed by atoms with Crippen LogP contribution in [0.2, 0.25) is 0 Å². The molecule has 0 spiro atoms. The molecule has 0 bridgehead atoms. The lowest BCUT2D eigenvalue weighted by Crippen LogP contribution is -2.33. The molecule has 68 valence electrons. The van der Waals surface area contributed by atoms with E-state index in [9.17, 15) is 4.79 Å². The maximum atomic E-state index is 11.3. The number of carbonyl (C=O) groups is 1. The Morgan fingerprint density at radius 3 is 2.58 bits per heavy atom. The number of hydrogen-bond acceptors (Lipinski definition) is 3. The van der Waals surface area contributed by atoms with Crippen molar-refractivity contribution in [2.24, 2.45) is 16.3 Å². The predicted molar refractivity (Wildman–Crippen MR) is 47.3 cm³/mol. The lowest BCUT2D eigenvalue weighted by atomic mass is 9.79. The molecule has 12 heavy (non-hydrogen) atoms. The molecule has 0 amide bonds. The van der Waals surface area contributed by atoms with E-state index < -0.39 is 0 Å². The summed E-state index contributed by atoms with van der Waals surface area (Å²) in [5, 5.41) is 0. The molecule has 1 aliphatic rings. The molecule has 0 N–H and O–H groups in total. The van der Waals surface area contributed by atoms with Crippen LogP contribution in [0.3, 0.4) is 0 Å². The first-order chi connectivity index (χ1) is 5.49. The summed E-state index contributed by atoms with van der Waals surface area (Å²) in [6.45, 7) is 6.68. The number of methoxy groups -OCH3 is 1. The standard InChI is InChI=1S/C9H15NO2/c1-6-7(8(11)12-4)9(2,3)5-10-6/h7H,5H2,1-4H3. The van der Waals surface area contributed by atoms with Crippen LogP contribution >= 0.6 is 0 Å². The zero-order valence-corrected chi connectivity index (χ0v) is 8.05. The van der Waals surface area contributed by atoms with Crippen molar-refractivity contribution in [1.29, 1.82) is 0 Å². The van der Waals surface area contributed by atoms with E-state index in [0.717, 1.165) is 12.3 Å². The Morgan fingerprint density at radius 2 is 2.25 bits per heavy atom. The SMILES string of the molecule is COC(=O)C1C(C)=NCC1(C)C.